The molecule has 0 bridgehead atoms. The van der Waals surface area contributed by atoms with Crippen LogP contribution in [0.4, 0.5) is 13.2 Å². The maximum atomic E-state index is 11.9. The highest BCUT2D eigenvalue weighted by molar-refractivity contribution is 9.10. The van der Waals surface area contributed by atoms with Gasteiger partial charge in [0, 0.05) is 10.0 Å². The Morgan fingerprint density at radius 1 is 1.38 bits per heavy atom. The van der Waals surface area contributed by atoms with Crippen LogP contribution in [0.15, 0.2) is 22.7 Å². The van der Waals surface area contributed by atoms with Gasteiger partial charge >= 0.3 is 6.36 Å². The number of hydrogen-bond acceptors (Lipinski definition) is 2. The minimum absolute atomic E-state index is 0.102. The highest BCUT2D eigenvalue weighted by Gasteiger charge is 2.31. The smallest absolute Gasteiger partial charge is 0.406 e. The summed E-state index contributed by atoms with van der Waals surface area (Å²) < 4.78 is 39.6. The van der Waals surface area contributed by atoms with E-state index in [1.807, 2.05) is 0 Å². The molecule has 0 amide bonds. The number of rotatable bonds is 3. The van der Waals surface area contributed by atoms with Gasteiger partial charge in [0.1, 0.15) is 5.75 Å². The van der Waals surface area contributed by atoms with Crippen LogP contribution in [0.25, 0.3) is 0 Å². The maximum Gasteiger partial charge on any atom is 0.573 e. The molecule has 0 heterocycles. The third-order valence-corrected chi connectivity index (χ3v) is 2.76. The van der Waals surface area contributed by atoms with Crippen LogP contribution >= 0.6 is 31.9 Å². The molecule has 1 aromatic carbocycles. The van der Waals surface area contributed by atoms with E-state index in [9.17, 15) is 18.0 Å². The van der Waals surface area contributed by atoms with E-state index in [2.05, 4.69) is 36.6 Å². The highest BCUT2D eigenvalue weighted by atomic mass is 79.9. The van der Waals surface area contributed by atoms with Crippen LogP contribution in [0.5, 0.6) is 5.75 Å². The van der Waals surface area contributed by atoms with Crippen LogP contribution in [0.1, 0.15) is 10.4 Å². The van der Waals surface area contributed by atoms with Crippen molar-refractivity contribution in [3.8, 4) is 5.75 Å². The number of halogens is 5. The van der Waals surface area contributed by atoms with Crippen molar-refractivity contribution in [1.82, 2.24) is 0 Å². The zero-order valence-corrected chi connectivity index (χ0v) is 10.8. The lowest BCUT2D eigenvalue weighted by Crippen LogP contribution is -2.17. The number of alkyl halides is 4. The summed E-state index contributed by atoms with van der Waals surface area (Å²) in [7, 11) is 0. The van der Waals surface area contributed by atoms with Crippen LogP contribution in [-0.2, 0) is 0 Å². The van der Waals surface area contributed by atoms with E-state index in [0.29, 0.717) is 5.56 Å². The summed E-state index contributed by atoms with van der Waals surface area (Å²) >= 11 is 5.98. The Bertz CT molecular complexity index is 404. The number of carbonyl (C=O) groups excluding carboxylic acids is 1. The van der Waals surface area contributed by atoms with Crippen LogP contribution in [0.2, 0.25) is 0 Å². The van der Waals surface area contributed by atoms with E-state index in [0.717, 1.165) is 12.1 Å². The van der Waals surface area contributed by atoms with Crippen molar-refractivity contribution >= 4 is 37.6 Å². The lowest BCUT2D eigenvalue weighted by atomic mass is 10.1. The zero-order chi connectivity index (χ0) is 12.3. The standard InChI is InChI=1S/C9H5Br2F3O2/c10-4-8(15)6-2-1-5(3-7(6)11)16-9(12,13)14/h1-3H,4H2. The fourth-order valence-electron chi connectivity index (χ4n) is 0.991. The third kappa shape index (κ3) is 3.79. The first-order chi connectivity index (χ1) is 7.33. The lowest BCUT2D eigenvalue weighted by Gasteiger charge is -2.10. The Morgan fingerprint density at radius 2 is 2.00 bits per heavy atom. The van der Waals surface area contributed by atoms with Crippen molar-refractivity contribution < 1.29 is 22.7 Å². The van der Waals surface area contributed by atoms with E-state index < -0.39 is 6.36 Å². The zero-order valence-electron chi connectivity index (χ0n) is 7.65. The molecule has 1 rings (SSSR count). The summed E-state index contributed by atoms with van der Waals surface area (Å²) in [6.45, 7) is 0. The molecular weight excluding hydrogens is 357 g/mol. The molecule has 0 aromatic heterocycles. The summed E-state index contributed by atoms with van der Waals surface area (Å²) in [5, 5.41) is 0.102. The van der Waals surface area contributed by atoms with Crippen LogP contribution in [0.3, 0.4) is 0 Å². The second kappa shape index (κ2) is 5.18. The largest absolute Gasteiger partial charge is 0.573 e. The predicted octanol–water partition coefficient (Wildman–Crippen LogP) is 3.93. The molecule has 7 heteroatoms. The quantitative estimate of drug-likeness (QED) is 0.602. The molecule has 0 saturated heterocycles. The molecule has 0 aliphatic carbocycles. The van der Waals surface area contributed by atoms with E-state index in [1.165, 1.54) is 6.07 Å². The molecule has 0 fully saturated rings. The molecule has 0 spiro atoms. The molecule has 0 radical (unpaired) electrons. The number of Topliss-reactive ketones (excluding diaryl/α,β-unsaturated/α-hetero) is 1. The van der Waals surface area contributed by atoms with E-state index in [1.54, 1.807) is 0 Å². The Kier molecular flexibility index (Phi) is 4.37. The van der Waals surface area contributed by atoms with Gasteiger partial charge in [0.25, 0.3) is 0 Å². The summed E-state index contributed by atoms with van der Waals surface area (Å²) in [4.78, 5) is 11.3. The minimum atomic E-state index is -4.74. The number of carbonyl (C=O) groups is 1. The van der Waals surface area contributed by atoms with Crippen molar-refractivity contribution in [1.29, 1.82) is 0 Å². The van der Waals surface area contributed by atoms with Gasteiger partial charge in [-0.15, -0.1) is 13.2 Å². The Morgan fingerprint density at radius 3 is 2.44 bits per heavy atom. The van der Waals surface area contributed by atoms with E-state index >= 15 is 0 Å². The number of hydrogen-bond donors (Lipinski definition) is 0. The maximum absolute atomic E-state index is 11.9. The van der Waals surface area contributed by atoms with Gasteiger partial charge in [-0.3, -0.25) is 4.79 Å². The van der Waals surface area contributed by atoms with Crippen LogP contribution in [-0.4, -0.2) is 17.5 Å². The van der Waals surface area contributed by atoms with Gasteiger partial charge in [0.05, 0.1) is 5.33 Å². The summed E-state index contributed by atoms with van der Waals surface area (Å²) in [5.74, 6) is -0.601. The first-order valence-electron chi connectivity index (χ1n) is 3.98. The topological polar surface area (TPSA) is 26.3 Å². The number of ketones is 1. The highest BCUT2D eigenvalue weighted by Crippen LogP contribution is 2.28. The Hall–Kier alpha value is -0.560. The lowest BCUT2D eigenvalue weighted by molar-refractivity contribution is -0.274. The van der Waals surface area contributed by atoms with E-state index in [-0.39, 0.29) is 21.3 Å². The van der Waals surface area contributed by atoms with Gasteiger partial charge in [-0.2, -0.15) is 0 Å². The monoisotopic (exact) mass is 360 g/mol. The first kappa shape index (κ1) is 13.5. The minimum Gasteiger partial charge on any atom is -0.406 e. The average molecular weight is 362 g/mol. The fourth-order valence-corrected chi connectivity index (χ4v) is 1.87. The SMILES string of the molecule is O=C(CBr)c1ccc(OC(F)(F)F)cc1Br. The second-order valence-corrected chi connectivity index (χ2v) is 4.16. The molecule has 16 heavy (non-hydrogen) atoms. The van der Waals surface area contributed by atoms with Gasteiger partial charge in [0.2, 0.25) is 0 Å². The average Bonchev–Trinajstić information content (AvgIpc) is 2.14. The summed E-state index contributed by atoms with van der Waals surface area (Å²) in [6.07, 6.45) is -4.74. The van der Waals surface area contributed by atoms with Crippen LogP contribution < -0.4 is 4.74 Å². The van der Waals surface area contributed by atoms with Gasteiger partial charge in [0.15, 0.2) is 5.78 Å². The van der Waals surface area contributed by atoms with Crippen molar-refractivity contribution in [3.05, 3.63) is 28.2 Å². The molecule has 0 aliphatic heterocycles. The second-order valence-electron chi connectivity index (χ2n) is 2.75. The molecule has 0 unspecified atom stereocenters. The van der Waals surface area contributed by atoms with Crippen molar-refractivity contribution in [2.24, 2.45) is 0 Å². The molecule has 0 N–H and O–H groups in total. The third-order valence-electron chi connectivity index (χ3n) is 1.60. The molecule has 88 valence electrons. The molecule has 1 aromatic rings. The molecule has 2 nitrogen and oxygen atoms in total. The van der Waals surface area contributed by atoms with E-state index in [4.69, 9.17) is 0 Å². The molecule has 0 saturated carbocycles. The summed E-state index contributed by atoms with van der Waals surface area (Å²) in [5.41, 5.74) is 0.298. The predicted molar refractivity (Wildman–Crippen MR) is 58.9 cm³/mol. The molecule has 0 aliphatic rings. The molecule has 0 atom stereocenters. The van der Waals surface area contributed by atoms with Gasteiger partial charge < -0.3 is 4.74 Å². The van der Waals surface area contributed by atoms with Crippen molar-refractivity contribution in [2.45, 2.75) is 6.36 Å². The number of ether oxygens (including phenoxy) is 1. The normalized spacial score (nSPS) is 11.3. The number of benzene rings is 1. The Balaban J connectivity index is 2.96. The summed E-state index contributed by atoms with van der Waals surface area (Å²) in [6, 6.07) is 3.46. The van der Waals surface area contributed by atoms with Crippen molar-refractivity contribution in [2.75, 3.05) is 5.33 Å². The Labute approximate surface area is 106 Å². The first-order valence-corrected chi connectivity index (χ1v) is 5.89. The van der Waals surface area contributed by atoms with Gasteiger partial charge in [-0.1, -0.05) is 15.9 Å². The van der Waals surface area contributed by atoms with Gasteiger partial charge in [-0.05, 0) is 34.1 Å². The van der Waals surface area contributed by atoms with Crippen molar-refractivity contribution in [3.63, 3.8) is 0 Å². The van der Waals surface area contributed by atoms with Gasteiger partial charge in [-0.25, -0.2) is 0 Å². The fraction of sp³-hybridized carbons (Fsp3) is 0.222. The molecular formula is C9H5Br2F3O2. The van der Waals surface area contributed by atoms with Crippen LogP contribution in [0, 0.1) is 0 Å².